The smallest absolute Gasteiger partial charge is 0.317 e. The lowest BCUT2D eigenvalue weighted by Gasteiger charge is -2.36. The summed E-state index contributed by atoms with van der Waals surface area (Å²) >= 11 is 0. The molecule has 0 radical (unpaired) electrons. The number of para-hydroxylation sites is 1. The second-order valence-corrected chi connectivity index (χ2v) is 10.4. The zero-order valence-electron chi connectivity index (χ0n) is 19.6. The van der Waals surface area contributed by atoms with Crippen LogP contribution in [0.2, 0.25) is 0 Å². The normalized spacial score (nSPS) is 27.9. The van der Waals surface area contributed by atoms with Crippen LogP contribution in [0.1, 0.15) is 44.3 Å². The van der Waals surface area contributed by atoms with E-state index in [2.05, 4.69) is 35.7 Å². The SMILES string of the molecule is CN(C)CCCNc1nc(CN(C)C(=O)NC23C[C@H]4C[C@H]2CC[C@H]3C4)nc2ccccc12. The lowest BCUT2D eigenvalue weighted by Crippen LogP contribution is -2.55. The summed E-state index contributed by atoms with van der Waals surface area (Å²) in [6.45, 7) is 2.27. The molecule has 1 aromatic carbocycles. The number of urea groups is 1. The summed E-state index contributed by atoms with van der Waals surface area (Å²) in [5, 5.41) is 7.99. The Labute approximate surface area is 191 Å². The van der Waals surface area contributed by atoms with E-state index in [0.717, 1.165) is 42.1 Å². The molecule has 5 rings (SSSR count). The van der Waals surface area contributed by atoms with E-state index in [9.17, 15) is 4.79 Å². The van der Waals surface area contributed by atoms with Gasteiger partial charge in [-0.15, -0.1) is 0 Å². The molecule has 3 saturated carbocycles. The zero-order valence-corrected chi connectivity index (χ0v) is 19.6. The number of hydrogen-bond acceptors (Lipinski definition) is 5. The number of hydrogen-bond donors (Lipinski definition) is 2. The van der Waals surface area contributed by atoms with Gasteiger partial charge >= 0.3 is 6.03 Å². The van der Waals surface area contributed by atoms with Gasteiger partial charge in [0.2, 0.25) is 0 Å². The van der Waals surface area contributed by atoms with Crippen LogP contribution >= 0.6 is 0 Å². The fraction of sp³-hybridized carbons (Fsp3) is 0.640. The maximum atomic E-state index is 13.2. The molecule has 1 aromatic heterocycles. The highest BCUT2D eigenvalue weighted by Crippen LogP contribution is 2.62. The minimum atomic E-state index is 0.0155. The summed E-state index contributed by atoms with van der Waals surface area (Å²) in [5.41, 5.74) is 0.965. The first kappa shape index (κ1) is 21.4. The standard InChI is InChI=1S/C25H36N6O/c1-30(2)12-6-11-26-23-20-7-4-5-8-21(20)27-22(28-23)16-31(3)24(32)29-25-15-17-13-18(25)9-10-19(25)14-17/h4-5,7-8,17-19H,6,9-16H2,1-3H3,(H,29,32)(H,26,27,28)/t17-,18+,19-,25?. The van der Waals surface area contributed by atoms with Crippen LogP contribution in [0.4, 0.5) is 10.6 Å². The van der Waals surface area contributed by atoms with Gasteiger partial charge in [0.05, 0.1) is 12.1 Å². The minimum Gasteiger partial charge on any atom is -0.369 e. The van der Waals surface area contributed by atoms with Gasteiger partial charge in [-0.2, -0.15) is 0 Å². The first-order chi connectivity index (χ1) is 15.4. The van der Waals surface area contributed by atoms with Gasteiger partial charge in [0, 0.05) is 24.5 Å². The summed E-state index contributed by atoms with van der Waals surface area (Å²) in [6.07, 6.45) is 7.38. The van der Waals surface area contributed by atoms with E-state index in [1.807, 2.05) is 25.2 Å². The quantitative estimate of drug-likeness (QED) is 0.617. The molecule has 4 atom stereocenters. The summed E-state index contributed by atoms with van der Waals surface area (Å²) in [5.74, 6) is 3.71. The fourth-order valence-corrected chi connectivity index (χ4v) is 6.55. The number of carbonyl (C=O) groups excluding carboxylic acids is 1. The molecule has 3 fully saturated rings. The Kier molecular flexibility index (Phi) is 5.70. The summed E-state index contributed by atoms with van der Waals surface area (Å²) in [7, 11) is 6.03. The molecule has 32 heavy (non-hydrogen) atoms. The highest BCUT2D eigenvalue weighted by Gasteiger charge is 2.61. The first-order valence-corrected chi connectivity index (χ1v) is 12.1. The molecule has 3 aliphatic rings. The number of amides is 2. The van der Waals surface area contributed by atoms with Crippen LogP contribution in [-0.2, 0) is 6.54 Å². The van der Waals surface area contributed by atoms with Gasteiger partial charge in [0.1, 0.15) is 5.82 Å². The third kappa shape index (κ3) is 3.91. The summed E-state index contributed by atoms with van der Waals surface area (Å²) < 4.78 is 0. The van der Waals surface area contributed by atoms with Crippen molar-refractivity contribution in [1.29, 1.82) is 0 Å². The van der Waals surface area contributed by atoms with E-state index in [1.165, 1.54) is 32.1 Å². The number of benzene rings is 1. The number of nitrogens with one attached hydrogen (secondary N) is 2. The molecule has 2 N–H and O–H groups in total. The fourth-order valence-electron chi connectivity index (χ4n) is 6.55. The van der Waals surface area contributed by atoms with Crippen LogP contribution in [0.15, 0.2) is 24.3 Å². The Morgan fingerprint density at radius 1 is 1.12 bits per heavy atom. The Bertz CT molecular complexity index is 978. The highest BCUT2D eigenvalue weighted by atomic mass is 16.2. The van der Waals surface area contributed by atoms with Crippen LogP contribution < -0.4 is 10.6 Å². The molecule has 0 aliphatic heterocycles. The van der Waals surface area contributed by atoms with Crippen LogP contribution in [0, 0.1) is 17.8 Å². The molecule has 7 heteroatoms. The van der Waals surface area contributed by atoms with Crippen molar-refractivity contribution in [2.45, 2.75) is 50.6 Å². The third-order valence-corrected chi connectivity index (χ3v) is 7.97. The van der Waals surface area contributed by atoms with Crippen LogP contribution in [0.3, 0.4) is 0 Å². The van der Waals surface area contributed by atoms with Crippen molar-refractivity contribution in [1.82, 2.24) is 25.1 Å². The van der Waals surface area contributed by atoms with E-state index in [0.29, 0.717) is 24.2 Å². The third-order valence-electron chi connectivity index (χ3n) is 7.97. The van der Waals surface area contributed by atoms with Crippen molar-refractivity contribution >= 4 is 22.8 Å². The molecule has 2 bridgehead atoms. The molecule has 7 nitrogen and oxygen atoms in total. The first-order valence-electron chi connectivity index (χ1n) is 12.1. The van der Waals surface area contributed by atoms with Gasteiger partial charge in [0.15, 0.2) is 5.82 Å². The summed E-state index contributed by atoms with van der Waals surface area (Å²) in [6, 6.07) is 8.09. The molecule has 0 saturated heterocycles. The number of rotatable bonds is 8. The number of anilines is 1. The van der Waals surface area contributed by atoms with Gasteiger partial charge in [-0.05, 0) is 89.1 Å². The predicted molar refractivity (Wildman–Crippen MR) is 127 cm³/mol. The van der Waals surface area contributed by atoms with Gasteiger partial charge in [-0.25, -0.2) is 14.8 Å². The molecular formula is C25H36N6O. The highest BCUT2D eigenvalue weighted by molar-refractivity contribution is 5.89. The summed E-state index contributed by atoms with van der Waals surface area (Å²) in [4.78, 5) is 26.7. The van der Waals surface area contributed by atoms with E-state index in [1.54, 1.807) is 4.90 Å². The molecule has 3 aliphatic carbocycles. The average Bonchev–Trinajstić information content (AvgIpc) is 3.31. The molecule has 2 amide bonds. The Balaban J connectivity index is 1.28. The average molecular weight is 437 g/mol. The van der Waals surface area contributed by atoms with E-state index >= 15 is 0 Å². The second kappa shape index (κ2) is 8.50. The van der Waals surface area contributed by atoms with Gasteiger partial charge in [0.25, 0.3) is 0 Å². The van der Waals surface area contributed by atoms with Crippen molar-refractivity contribution in [3.8, 4) is 0 Å². The maximum absolute atomic E-state index is 13.2. The zero-order chi connectivity index (χ0) is 22.3. The van der Waals surface area contributed by atoms with Crippen LogP contribution in [-0.4, -0.2) is 65.6 Å². The number of nitrogens with zero attached hydrogens (tertiary/aromatic N) is 4. The molecule has 1 unspecified atom stereocenters. The minimum absolute atomic E-state index is 0.0155. The number of fused-ring (bicyclic) bond motifs is 2. The van der Waals surface area contributed by atoms with E-state index in [-0.39, 0.29) is 11.6 Å². The Morgan fingerprint density at radius 3 is 2.62 bits per heavy atom. The van der Waals surface area contributed by atoms with Crippen LogP contribution in [0.5, 0.6) is 0 Å². The topological polar surface area (TPSA) is 73.4 Å². The molecule has 1 heterocycles. The van der Waals surface area contributed by atoms with E-state index in [4.69, 9.17) is 9.97 Å². The van der Waals surface area contributed by atoms with E-state index < -0.39 is 0 Å². The van der Waals surface area contributed by atoms with Crippen molar-refractivity contribution in [2.75, 3.05) is 39.5 Å². The van der Waals surface area contributed by atoms with Gasteiger partial charge in [-0.3, -0.25) is 0 Å². The maximum Gasteiger partial charge on any atom is 0.317 e. The molecule has 0 spiro atoms. The van der Waals surface area contributed by atoms with Crippen molar-refractivity contribution in [3.63, 3.8) is 0 Å². The van der Waals surface area contributed by atoms with Crippen molar-refractivity contribution < 1.29 is 4.79 Å². The number of carbonyl (C=O) groups is 1. The van der Waals surface area contributed by atoms with Crippen LogP contribution in [0.25, 0.3) is 10.9 Å². The molecule has 2 aromatic rings. The van der Waals surface area contributed by atoms with Gasteiger partial charge in [-0.1, -0.05) is 12.1 Å². The predicted octanol–water partition coefficient (Wildman–Crippen LogP) is 3.71. The Hall–Kier alpha value is -2.41. The van der Waals surface area contributed by atoms with Gasteiger partial charge < -0.3 is 20.4 Å². The number of aromatic nitrogens is 2. The molecular weight excluding hydrogens is 400 g/mol. The van der Waals surface area contributed by atoms with Crippen molar-refractivity contribution in [2.24, 2.45) is 17.8 Å². The van der Waals surface area contributed by atoms with Crippen molar-refractivity contribution in [3.05, 3.63) is 30.1 Å². The largest absolute Gasteiger partial charge is 0.369 e. The Morgan fingerprint density at radius 2 is 1.88 bits per heavy atom. The lowest BCUT2D eigenvalue weighted by molar-refractivity contribution is 0.168. The lowest BCUT2D eigenvalue weighted by atomic mass is 9.82. The second-order valence-electron chi connectivity index (χ2n) is 10.4. The molecule has 172 valence electrons. The monoisotopic (exact) mass is 436 g/mol.